The summed E-state index contributed by atoms with van der Waals surface area (Å²) in [6, 6.07) is 15.8. The van der Waals surface area contributed by atoms with Crippen LogP contribution in [0.15, 0.2) is 52.9 Å². The van der Waals surface area contributed by atoms with Crippen LogP contribution in [0, 0.1) is 0 Å². The van der Waals surface area contributed by atoms with Crippen LogP contribution in [0.5, 0.6) is 5.75 Å². The van der Waals surface area contributed by atoms with Gasteiger partial charge in [0.2, 0.25) is 0 Å². The van der Waals surface area contributed by atoms with Crippen molar-refractivity contribution < 1.29 is 9.15 Å². The summed E-state index contributed by atoms with van der Waals surface area (Å²) in [6.45, 7) is 0.554. The van der Waals surface area contributed by atoms with Gasteiger partial charge in [-0.05, 0) is 17.7 Å². The summed E-state index contributed by atoms with van der Waals surface area (Å²) in [5, 5.41) is 0.844. The number of nitrogens with zero attached hydrogens (tertiary/aromatic N) is 1. The molecule has 3 aromatic rings. The van der Waals surface area contributed by atoms with E-state index in [9.17, 15) is 0 Å². The quantitative estimate of drug-likeness (QED) is 0.652. The lowest BCUT2D eigenvalue weighted by Gasteiger charge is -2.05. The predicted molar refractivity (Wildman–Crippen MR) is 82.3 cm³/mol. The number of benzene rings is 2. The van der Waals surface area contributed by atoms with Gasteiger partial charge < -0.3 is 9.15 Å². The third kappa shape index (κ3) is 3.02. The molecule has 2 aromatic carbocycles. The molecule has 0 saturated carbocycles. The molecule has 3 nitrogen and oxygen atoms in total. The van der Waals surface area contributed by atoms with Crippen molar-refractivity contribution in [1.82, 2.24) is 4.98 Å². The van der Waals surface area contributed by atoms with Gasteiger partial charge in [0.25, 0.3) is 0 Å². The van der Waals surface area contributed by atoms with Crippen LogP contribution in [0.4, 0.5) is 0 Å². The first-order chi connectivity index (χ1) is 9.85. The number of rotatable bonds is 5. The van der Waals surface area contributed by atoms with Crippen molar-refractivity contribution in [3.63, 3.8) is 0 Å². The van der Waals surface area contributed by atoms with Crippen molar-refractivity contribution in [3.05, 3.63) is 60.0 Å². The van der Waals surface area contributed by atoms with Crippen LogP contribution in [-0.2, 0) is 13.0 Å². The second-order valence-electron chi connectivity index (χ2n) is 4.45. The second kappa shape index (κ2) is 6.09. The zero-order chi connectivity index (χ0) is 13.8. The number of ether oxygens (including phenoxy) is 1. The highest BCUT2D eigenvalue weighted by Crippen LogP contribution is 2.22. The molecule has 0 N–H and O–H groups in total. The highest BCUT2D eigenvalue weighted by molar-refractivity contribution is 9.09. The number of alkyl halides is 1. The molecule has 0 aliphatic heterocycles. The summed E-state index contributed by atoms with van der Waals surface area (Å²) in [5.41, 5.74) is 2.78. The maximum Gasteiger partial charge on any atom is 0.196 e. The number of aromatic nitrogens is 1. The van der Waals surface area contributed by atoms with Crippen LogP contribution >= 0.6 is 15.9 Å². The maximum atomic E-state index is 5.78. The molecule has 0 radical (unpaired) electrons. The number of hydrogen-bond acceptors (Lipinski definition) is 3. The van der Waals surface area contributed by atoms with Crippen LogP contribution < -0.4 is 4.74 Å². The van der Waals surface area contributed by atoms with Crippen LogP contribution in [0.3, 0.4) is 0 Å². The average Bonchev–Trinajstić information content (AvgIpc) is 2.88. The van der Waals surface area contributed by atoms with Gasteiger partial charge in [0.05, 0.1) is 0 Å². The normalized spacial score (nSPS) is 10.8. The molecular formula is C16H14BrNO2. The number of oxazole rings is 1. The van der Waals surface area contributed by atoms with Gasteiger partial charge in [-0.2, -0.15) is 0 Å². The SMILES string of the molecule is BrCCc1nc2cc(OCc3ccccc3)ccc2o1. The first-order valence-electron chi connectivity index (χ1n) is 6.47. The van der Waals surface area contributed by atoms with Gasteiger partial charge in [0.1, 0.15) is 17.9 Å². The van der Waals surface area contributed by atoms with E-state index < -0.39 is 0 Å². The predicted octanol–water partition coefficient (Wildman–Crippen LogP) is 4.34. The topological polar surface area (TPSA) is 35.3 Å². The average molecular weight is 332 g/mol. The Labute approximate surface area is 125 Å². The molecule has 4 heteroatoms. The molecule has 0 bridgehead atoms. The Kier molecular flexibility index (Phi) is 4.02. The van der Waals surface area contributed by atoms with Gasteiger partial charge >= 0.3 is 0 Å². The molecule has 0 saturated heterocycles. The number of halogens is 1. The van der Waals surface area contributed by atoms with Crippen molar-refractivity contribution in [2.45, 2.75) is 13.0 Å². The van der Waals surface area contributed by atoms with Crippen molar-refractivity contribution in [2.75, 3.05) is 5.33 Å². The largest absolute Gasteiger partial charge is 0.489 e. The molecule has 3 rings (SSSR count). The van der Waals surface area contributed by atoms with Gasteiger partial charge in [0, 0.05) is 17.8 Å². The molecule has 0 aliphatic carbocycles. The number of aryl methyl sites for hydroxylation is 1. The molecule has 0 fully saturated rings. The molecule has 102 valence electrons. The van der Waals surface area contributed by atoms with Gasteiger partial charge in [-0.15, -0.1) is 0 Å². The molecule has 0 spiro atoms. The summed E-state index contributed by atoms with van der Waals surface area (Å²) >= 11 is 3.38. The smallest absolute Gasteiger partial charge is 0.196 e. The molecule has 0 aliphatic rings. The summed E-state index contributed by atoms with van der Waals surface area (Å²) in [7, 11) is 0. The fourth-order valence-corrected chi connectivity index (χ4v) is 2.31. The monoisotopic (exact) mass is 331 g/mol. The van der Waals surface area contributed by atoms with E-state index in [0.717, 1.165) is 40.1 Å². The van der Waals surface area contributed by atoms with Crippen molar-refractivity contribution in [1.29, 1.82) is 0 Å². The van der Waals surface area contributed by atoms with E-state index in [1.165, 1.54) is 0 Å². The minimum Gasteiger partial charge on any atom is -0.489 e. The number of fused-ring (bicyclic) bond motifs is 1. The van der Waals surface area contributed by atoms with E-state index in [-0.39, 0.29) is 0 Å². The first kappa shape index (κ1) is 13.2. The molecule has 20 heavy (non-hydrogen) atoms. The lowest BCUT2D eigenvalue weighted by atomic mass is 10.2. The van der Waals surface area contributed by atoms with E-state index >= 15 is 0 Å². The Hall–Kier alpha value is -1.81. The van der Waals surface area contributed by atoms with Crippen LogP contribution in [0.25, 0.3) is 11.1 Å². The summed E-state index contributed by atoms with van der Waals surface area (Å²) in [4.78, 5) is 4.44. The fraction of sp³-hybridized carbons (Fsp3) is 0.188. The number of hydrogen-bond donors (Lipinski definition) is 0. The van der Waals surface area contributed by atoms with Crippen molar-refractivity contribution >= 4 is 27.0 Å². The molecule has 1 aromatic heterocycles. The van der Waals surface area contributed by atoms with E-state index in [4.69, 9.17) is 9.15 Å². The van der Waals surface area contributed by atoms with Gasteiger partial charge in [-0.25, -0.2) is 4.98 Å². The fourth-order valence-electron chi connectivity index (χ4n) is 1.97. The Morgan fingerprint density at radius 2 is 1.95 bits per heavy atom. The Morgan fingerprint density at radius 3 is 2.75 bits per heavy atom. The van der Waals surface area contributed by atoms with E-state index in [1.807, 2.05) is 48.5 Å². The summed E-state index contributed by atoms with van der Waals surface area (Å²) in [6.07, 6.45) is 0.787. The van der Waals surface area contributed by atoms with Crippen LogP contribution in [0.2, 0.25) is 0 Å². The highest BCUT2D eigenvalue weighted by atomic mass is 79.9. The second-order valence-corrected chi connectivity index (χ2v) is 5.24. The molecule has 0 amide bonds. The van der Waals surface area contributed by atoms with Crippen LogP contribution in [0.1, 0.15) is 11.5 Å². The van der Waals surface area contributed by atoms with Crippen LogP contribution in [-0.4, -0.2) is 10.3 Å². The van der Waals surface area contributed by atoms with Crippen molar-refractivity contribution in [3.8, 4) is 5.75 Å². The van der Waals surface area contributed by atoms with E-state index in [0.29, 0.717) is 6.61 Å². The molecule has 0 unspecified atom stereocenters. The molecular weight excluding hydrogens is 318 g/mol. The third-order valence-electron chi connectivity index (χ3n) is 2.96. The zero-order valence-electron chi connectivity index (χ0n) is 10.9. The lowest BCUT2D eigenvalue weighted by molar-refractivity contribution is 0.306. The highest BCUT2D eigenvalue weighted by Gasteiger charge is 2.06. The Balaban J connectivity index is 1.75. The molecule has 1 heterocycles. The minimum atomic E-state index is 0.554. The zero-order valence-corrected chi connectivity index (χ0v) is 12.5. The Morgan fingerprint density at radius 1 is 1.10 bits per heavy atom. The van der Waals surface area contributed by atoms with E-state index in [1.54, 1.807) is 0 Å². The summed E-state index contributed by atoms with van der Waals surface area (Å²) in [5.74, 6) is 1.55. The lowest BCUT2D eigenvalue weighted by Crippen LogP contribution is -1.94. The first-order valence-corrected chi connectivity index (χ1v) is 7.59. The van der Waals surface area contributed by atoms with Gasteiger partial charge in [-0.1, -0.05) is 46.3 Å². The minimum absolute atomic E-state index is 0.554. The standard InChI is InChI=1S/C16H14BrNO2/c17-9-8-16-18-14-10-13(6-7-15(14)20-16)19-11-12-4-2-1-3-5-12/h1-7,10H,8-9,11H2. The third-order valence-corrected chi connectivity index (χ3v) is 3.36. The van der Waals surface area contributed by atoms with Crippen molar-refractivity contribution in [2.24, 2.45) is 0 Å². The van der Waals surface area contributed by atoms with E-state index in [2.05, 4.69) is 20.9 Å². The molecule has 0 atom stereocenters. The van der Waals surface area contributed by atoms with Gasteiger partial charge in [-0.3, -0.25) is 0 Å². The van der Waals surface area contributed by atoms with Gasteiger partial charge in [0.15, 0.2) is 11.5 Å². The maximum absolute atomic E-state index is 5.78. The Bertz CT molecular complexity index is 694. The summed E-state index contributed by atoms with van der Waals surface area (Å²) < 4.78 is 11.4.